The van der Waals surface area contributed by atoms with Gasteiger partial charge in [-0.25, -0.2) is 9.50 Å². The zero-order chi connectivity index (χ0) is 15.1. The van der Waals surface area contributed by atoms with Gasteiger partial charge in [-0.15, -0.1) is 11.3 Å². The summed E-state index contributed by atoms with van der Waals surface area (Å²) in [6.07, 6.45) is 7.16. The largest absolute Gasteiger partial charge is 0.331 e. The predicted octanol–water partition coefficient (Wildman–Crippen LogP) is 3.53. The minimum absolute atomic E-state index is 0.0146. The number of nitrogens with zero attached hydrogens (tertiary/aromatic N) is 4. The molecule has 5 nitrogen and oxygen atoms in total. The van der Waals surface area contributed by atoms with Gasteiger partial charge >= 0.3 is 0 Å². The third-order valence-electron chi connectivity index (χ3n) is 3.94. The summed E-state index contributed by atoms with van der Waals surface area (Å²) in [6, 6.07) is 4.32. The molecule has 0 spiro atoms. The van der Waals surface area contributed by atoms with E-state index in [9.17, 15) is 4.79 Å². The second kappa shape index (κ2) is 5.48. The Hall–Kier alpha value is -1.73. The van der Waals surface area contributed by atoms with Crippen LogP contribution in [0.3, 0.4) is 0 Å². The number of thiophene rings is 1. The van der Waals surface area contributed by atoms with Crippen molar-refractivity contribution < 1.29 is 4.79 Å². The topological polar surface area (TPSA) is 50.5 Å². The molecule has 1 atom stereocenters. The zero-order valence-corrected chi connectivity index (χ0v) is 14.0. The number of hydrogen-bond acceptors (Lipinski definition) is 4. The van der Waals surface area contributed by atoms with Gasteiger partial charge in [0.1, 0.15) is 5.56 Å². The van der Waals surface area contributed by atoms with Crippen molar-refractivity contribution in [1.82, 2.24) is 19.5 Å². The zero-order valence-electron chi connectivity index (χ0n) is 11.6. The minimum Gasteiger partial charge on any atom is -0.331 e. The Morgan fingerprint density at radius 2 is 2.32 bits per heavy atom. The van der Waals surface area contributed by atoms with E-state index in [1.54, 1.807) is 34.4 Å². The second-order valence-corrected chi connectivity index (χ2v) is 7.17. The fourth-order valence-corrected chi connectivity index (χ4v) is 4.11. The third-order valence-corrected chi connectivity index (χ3v) is 5.32. The second-order valence-electron chi connectivity index (χ2n) is 5.27. The Kier molecular flexibility index (Phi) is 3.46. The Balaban J connectivity index is 1.70. The average molecular weight is 377 g/mol. The molecule has 22 heavy (non-hydrogen) atoms. The van der Waals surface area contributed by atoms with E-state index >= 15 is 0 Å². The highest BCUT2D eigenvalue weighted by atomic mass is 79.9. The van der Waals surface area contributed by atoms with E-state index in [1.807, 2.05) is 11.0 Å². The number of carbonyl (C=O) groups excluding carboxylic acids is 1. The first kappa shape index (κ1) is 13.9. The van der Waals surface area contributed by atoms with E-state index in [1.165, 1.54) is 4.88 Å². The number of hydrogen-bond donors (Lipinski definition) is 0. The lowest BCUT2D eigenvalue weighted by atomic mass is 10.1. The quantitative estimate of drug-likeness (QED) is 0.687. The number of likely N-dealkylation sites (tertiary alicyclic amines) is 1. The first-order chi connectivity index (χ1) is 10.7. The summed E-state index contributed by atoms with van der Waals surface area (Å²) in [5, 5.41) is 6.30. The van der Waals surface area contributed by atoms with Gasteiger partial charge in [0, 0.05) is 23.8 Å². The van der Waals surface area contributed by atoms with Gasteiger partial charge in [-0.05, 0) is 40.2 Å². The van der Waals surface area contributed by atoms with Crippen molar-refractivity contribution in [2.75, 3.05) is 6.54 Å². The molecule has 3 aromatic heterocycles. The molecule has 4 rings (SSSR count). The van der Waals surface area contributed by atoms with Gasteiger partial charge in [0.05, 0.1) is 16.7 Å². The van der Waals surface area contributed by atoms with Crippen molar-refractivity contribution in [2.24, 2.45) is 0 Å². The van der Waals surface area contributed by atoms with Gasteiger partial charge in [-0.3, -0.25) is 4.79 Å². The number of fused-ring (bicyclic) bond motifs is 1. The monoisotopic (exact) mass is 376 g/mol. The summed E-state index contributed by atoms with van der Waals surface area (Å²) in [4.78, 5) is 20.5. The van der Waals surface area contributed by atoms with Crippen LogP contribution in [0.5, 0.6) is 0 Å². The lowest BCUT2D eigenvalue weighted by Crippen LogP contribution is -2.30. The molecule has 4 heterocycles. The predicted molar refractivity (Wildman–Crippen MR) is 88.0 cm³/mol. The van der Waals surface area contributed by atoms with Crippen molar-refractivity contribution in [3.63, 3.8) is 0 Å². The van der Waals surface area contributed by atoms with Crippen LogP contribution in [0.4, 0.5) is 0 Å². The lowest BCUT2D eigenvalue weighted by molar-refractivity contribution is 0.0739. The summed E-state index contributed by atoms with van der Waals surface area (Å²) in [5.41, 5.74) is 1.17. The summed E-state index contributed by atoms with van der Waals surface area (Å²) in [6.45, 7) is 0.787. The Bertz CT molecular complexity index is 829. The molecule has 1 aliphatic rings. The average Bonchev–Trinajstić information content (AvgIpc) is 3.25. The summed E-state index contributed by atoms with van der Waals surface area (Å²) in [7, 11) is 0. The summed E-state index contributed by atoms with van der Waals surface area (Å²) in [5.74, 6) is 0.0146. The molecular weight excluding hydrogens is 364 g/mol. The van der Waals surface area contributed by atoms with Crippen LogP contribution in [0, 0.1) is 0 Å². The highest BCUT2D eigenvalue weighted by Gasteiger charge is 2.32. The molecule has 1 amide bonds. The Morgan fingerprint density at radius 3 is 3.14 bits per heavy atom. The highest BCUT2D eigenvalue weighted by molar-refractivity contribution is 9.10. The standard InChI is InChI=1S/C15H13BrN4OS/c16-10-7-17-14-11(8-18-20(14)9-10)15(21)19-5-1-3-12(19)13-4-2-6-22-13/h2,4,6-9,12H,1,3,5H2. The van der Waals surface area contributed by atoms with E-state index in [-0.39, 0.29) is 11.9 Å². The number of rotatable bonds is 2. The number of aromatic nitrogens is 3. The van der Waals surface area contributed by atoms with Crippen LogP contribution in [0.2, 0.25) is 0 Å². The van der Waals surface area contributed by atoms with Gasteiger partial charge in [0.15, 0.2) is 5.65 Å². The smallest absolute Gasteiger partial charge is 0.259 e. The lowest BCUT2D eigenvalue weighted by Gasteiger charge is -2.23. The van der Waals surface area contributed by atoms with Gasteiger partial charge in [0.25, 0.3) is 5.91 Å². The van der Waals surface area contributed by atoms with E-state index in [0.29, 0.717) is 11.2 Å². The van der Waals surface area contributed by atoms with Gasteiger partial charge < -0.3 is 4.90 Å². The van der Waals surface area contributed by atoms with E-state index in [2.05, 4.69) is 37.5 Å². The molecule has 112 valence electrons. The van der Waals surface area contributed by atoms with Gasteiger partial charge in [-0.2, -0.15) is 5.10 Å². The molecule has 7 heteroatoms. The van der Waals surface area contributed by atoms with Crippen LogP contribution in [0.25, 0.3) is 5.65 Å². The van der Waals surface area contributed by atoms with Gasteiger partial charge in [-0.1, -0.05) is 6.07 Å². The van der Waals surface area contributed by atoms with Crippen LogP contribution in [0.15, 0.2) is 40.6 Å². The minimum atomic E-state index is 0.0146. The molecule has 0 N–H and O–H groups in total. The van der Waals surface area contributed by atoms with Crippen molar-refractivity contribution in [2.45, 2.75) is 18.9 Å². The molecule has 1 saturated heterocycles. The first-order valence-electron chi connectivity index (χ1n) is 7.07. The van der Waals surface area contributed by atoms with Crippen LogP contribution >= 0.6 is 27.3 Å². The molecule has 0 radical (unpaired) electrons. The van der Waals surface area contributed by atoms with E-state index in [4.69, 9.17) is 0 Å². The van der Waals surface area contributed by atoms with Gasteiger partial charge in [0.2, 0.25) is 0 Å². The maximum Gasteiger partial charge on any atom is 0.259 e. The van der Waals surface area contributed by atoms with Crippen LogP contribution < -0.4 is 0 Å². The molecule has 0 aliphatic carbocycles. The molecule has 0 aromatic carbocycles. The van der Waals surface area contributed by atoms with Crippen molar-refractivity contribution in [1.29, 1.82) is 0 Å². The fourth-order valence-electron chi connectivity index (χ4n) is 2.94. The molecule has 0 saturated carbocycles. The van der Waals surface area contributed by atoms with E-state index < -0.39 is 0 Å². The molecule has 1 unspecified atom stereocenters. The SMILES string of the molecule is O=C(c1cnn2cc(Br)cnc12)N1CCCC1c1cccs1. The van der Waals surface area contributed by atoms with Crippen LogP contribution in [0.1, 0.15) is 34.1 Å². The molecule has 0 bridgehead atoms. The molecule has 3 aromatic rings. The molecule has 1 aliphatic heterocycles. The van der Waals surface area contributed by atoms with Crippen molar-refractivity contribution in [3.05, 3.63) is 51.0 Å². The Morgan fingerprint density at radius 1 is 1.41 bits per heavy atom. The number of halogens is 1. The first-order valence-corrected chi connectivity index (χ1v) is 8.74. The third kappa shape index (κ3) is 2.24. The van der Waals surface area contributed by atoms with Crippen LogP contribution in [-0.4, -0.2) is 31.9 Å². The number of amides is 1. The van der Waals surface area contributed by atoms with Crippen molar-refractivity contribution in [3.8, 4) is 0 Å². The summed E-state index contributed by atoms with van der Waals surface area (Å²) >= 11 is 5.07. The molecular formula is C15H13BrN4OS. The normalized spacial score (nSPS) is 18.2. The van der Waals surface area contributed by atoms with Crippen LogP contribution in [-0.2, 0) is 0 Å². The number of carbonyl (C=O) groups is 1. The fraction of sp³-hybridized carbons (Fsp3) is 0.267. The van der Waals surface area contributed by atoms with Crippen molar-refractivity contribution >= 4 is 38.8 Å². The molecule has 1 fully saturated rings. The van der Waals surface area contributed by atoms with E-state index in [0.717, 1.165) is 23.9 Å². The maximum absolute atomic E-state index is 12.9. The highest BCUT2D eigenvalue weighted by Crippen LogP contribution is 2.35. The maximum atomic E-state index is 12.9. The summed E-state index contributed by atoms with van der Waals surface area (Å²) < 4.78 is 2.47. The Labute approximate surface area is 139 Å².